The molecule has 0 bridgehead atoms. The van der Waals surface area contributed by atoms with Gasteiger partial charge in [0.05, 0.1) is 5.71 Å². The molecule has 28 heavy (non-hydrogen) atoms. The minimum absolute atomic E-state index is 0.00118. The minimum atomic E-state index is -0.0182. The van der Waals surface area contributed by atoms with E-state index in [1.165, 1.54) is 5.56 Å². The zero-order chi connectivity index (χ0) is 19.2. The highest BCUT2D eigenvalue weighted by Gasteiger charge is 2.43. The highest BCUT2D eigenvalue weighted by Crippen LogP contribution is 2.47. The first-order valence-electron chi connectivity index (χ1n) is 9.52. The summed E-state index contributed by atoms with van der Waals surface area (Å²) in [7, 11) is 0. The van der Waals surface area contributed by atoms with Gasteiger partial charge in [0, 0.05) is 11.5 Å². The molecule has 3 aromatic rings. The normalized spacial score (nSPS) is 18.8. The van der Waals surface area contributed by atoms with Crippen molar-refractivity contribution in [3.63, 3.8) is 0 Å². The SMILES string of the molecule is O=C(N/N=C(\C=C\c1ccccc1)c1ccccc1)[C@@H]1C[C@H]1c1ccccc1. The Balaban J connectivity index is 1.48. The molecule has 0 aromatic heterocycles. The second-order valence-electron chi connectivity index (χ2n) is 6.94. The van der Waals surface area contributed by atoms with Gasteiger partial charge >= 0.3 is 0 Å². The summed E-state index contributed by atoms with van der Waals surface area (Å²) in [4.78, 5) is 12.6. The van der Waals surface area contributed by atoms with Gasteiger partial charge in [0.2, 0.25) is 5.91 Å². The number of nitrogens with one attached hydrogen (secondary N) is 1. The molecule has 3 nitrogen and oxygen atoms in total. The van der Waals surface area contributed by atoms with Gasteiger partial charge < -0.3 is 0 Å². The summed E-state index contributed by atoms with van der Waals surface area (Å²) < 4.78 is 0. The summed E-state index contributed by atoms with van der Waals surface area (Å²) in [6.45, 7) is 0. The fraction of sp³-hybridized carbons (Fsp3) is 0.120. The van der Waals surface area contributed by atoms with Crippen LogP contribution in [0.2, 0.25) is 0 Å². The number of amides is 1. The fourth-order valence-electron chi connectivity index (χ4n) is 3.30. The van der Waals surface area contributed by atoms with E-state index in [0.29, 0.717) is 5.92 Å². The lowest BCUT2D eigenvalue weighted by Gasteiger charge is -2.04. The molecule has 1 aliphatic carbocycles. The van der Waals surface area contributed by atoms with E-state index in [0.717, 1.165) is 23.3 Å². The third-order valence-corrected chi connectivity index (χ3v) is 4.94. The van der Waals surface area contributed by atoms with Gasteiger partial charge in [-0.25, -0.2) is 5.43 Å². The summed E-state index contributed by atoms with van der Waals surface area (Å²) in [6.07, 6.45) is 4.82. The Morgan fingerprint density at radius 1 is 0.857 bits per heavy atom. The van der Waals surface area contributed by atoms with Gasteiger partial charge in [0.15, 0.2) is 0 Å². The van der Waals surface area contributed by atoms with Crippen LogP contribution in [0.3, 0.4) is 0 Å². The van der Waals surface area contributed by atoms with Crippen LogP contribution in [0.5, 0.6) is 0 Å². The monoisotopic (exact) mass is 366 g/mol. The summed E-state index contributed by atoms with van der Waals surface area (Å²) in [6, 6.07) is 30.1. The van der Waals surface area contributed by atoms with E-state index in [-0.39, 0.29) is 11.8 Å². The molecule has 0 unspecified atom stereocenters. The van der Waals surface area contributed by atoms with E-state index < -0.39 is 0 Å². The largest absolute Gasteiger partial charge is 0.273 e. The molecule has 0 aliphatic heterocycles. The predicted molar refractivity (Wildman–Crippen MR) is 114 cm³/mol. The van der Waals surface area contributed by atoms with Gasteiger partial charge in [0.1, 0.15) is 0 Å². The van der Waals surface area contributed by atoms with Gasteiger partial charge in [-0.2, -0.15) is 5.10 Å². The second kappa shape index (κ2) is 8.49. The number of hydrogen-bond acceptors (Lipinski definition) is 2. The number of benzene rings is 3. The molecule has 0 spiro atoms. The van der Waals surface area contributed by atoms with Crippen LogP contribution in [0.25, 0.3) is 6.08 Å². The van der Waals surface area contributed by atoms with Crippen LogP contribution in [0.1, 0.15) is 29.0 Å². The molecule has 1 amide bonds. The van der Waals surface area contributed by atoms with Gasteiger partial charge in [-0.3, -0.25) is 4.79 Å². The van der Waals surface area contributed by atoms with Crippen molar-refractivity contribution >= 4 is 17.7 Å². The molecular formula is C25H22N2O. The number of hydrogen-bond donors (Lipinski definition) is 1. The van der Waals surface area contributed by atoms with E-state index in [2.05, 4.69) is 22.7 Å². The van der Waals surface area contributed by atoms with Crippen molar-refractivity contribution in [2.24, 2.45) is 11.0 Å². The van der Waals surface area contributed by atoms with Crippen LogP contribution in [0.4, 0.5) is 0 Å². The predicted octanol–water partition coefficient (Wildman–Crippen LogP) is 5.02. The minimum Gasteiger partial charge on any atom is -0.273 e. The van der Waals surface area contributed by atoms with Crippen LogP contribution in [0, 0.1) is 5.92 Å². The van der Waals surface area contributed by atoms with E-state index >= 15 is 0 Å². The summed E-state index contributed by atoms with van der Waals surface area (Å²) in [5.41, 5.74) is 6.78. The van der Waals surface area contributed by atoms with Crippen molar-refractivity contribution in [1.29, 1.82) is 0 Å². The summed E-state index contributed by atoms with van der Waals surface area (Å²) >= 11 is 0. The smallest absolute Gasteiger partial charge is 0.243 e. The Labute approximate surface area is 165 Å². The maximum absolute atomic E-state index is 12.6. The zero-order valence-corrected chi connectivity index (χ0v) is 15.5. The van der Waals surface area contributed by atoms with Crippen LogP contribution >= 0.6 is 0 Å². The summed E-state index contributed by atoms with van der Waals surface area (Å²) in [5, 5.41) is 4.43. The fourth-order valence-corrected chi connectivity index (χ4v) is 3.30. The topological polar surface area (TPSA) is 41.5 Å². The van der Waals surface area contributed by atoms with Crippen LogP contribution in [-0.4, -0.2) is 11.6 Å². The first-order chi connectivity index (χ1) is 13.8. The third-order valence-electron chi connectivity index (χ3n) is 4.94. The van der Waals surface area contributed by atoms with Crippen molar-refractivity contribution in [3.05, 3.63) is 114 Å². The third kappa shape index (κ3) is 4.44. The number of rotatable bonds is 6. The van der Waals surface area contributed by atoms with Crippen molar-refractivity contribution in [3.8, 4) is 0 Å². The first kappa shape index (κ1) is 17.9. The maximum Gasteiger partial charge on any atom is 0.243 e. The Kier molecular flexibility index (Phi) is 5.43. The lowest BCUT2D eigenvalue weighted by molar-refractivity contribution is -0.122. The molecule has 4 rings (SSSR count). The highest BCUT2D eigenvalue weighted by atomic mass is 16.2. The molecule has 3 heteroatoms. The lowest BCUT2D eigenvalue weighted by Crippen LogP contribution is -2.21. The van der Waals surface area contributed by atoms with Crippen molar-refractivity contribution in [2.45, 2.75) is 12.3 Å². The molecule has 138 valence electrons. The molecule has 1 aliphatic rings. The molecule has 0 radical (unpaired) electrons. The van der Waals surface area contributed by atoms with Crippen molar-refractivity contribution in [1.82, 2.24) is 5.43 Å². The first-order valence-corrected chi connectivity index (χ1v) is 9.52. The van der Waals surface area contributed by atoms with E-state index in [9.17, 15) is 4.79 Å². The van der Waals surface area contributed by atoms with E-state index in [1.807, 2.05) is 91.0 Å². The second-order valence-corrected chi connectivity index (χ2v) is 6.94. The number of carbonyl (C=O) groups is 1. The summed E-state index contributed by atoms with van der Waals surface area (Å²) in [5.74, 6) is 0.285. The molecule has 0 heterocycles. The van der Waals surface area contributed by atoms with Crippen molar-refractivity contribution < 1.29 is 4.79 Å². The molecule has 1 saturated carbocycles. The molecule has 3 aromatic carbocycles. The van der Waals surface area contributed by atoms with Crippen LogP contribution < -0.4 is 5.43 Å². The van der Waals surface area contributed by atoms with Gasteiger partial charge in [-0.05, 0) is 29.5 Å². The van der Waals surface area contributed by atoms with Crippen LogP contribution in [0.15, 0.2) is 102 Å². The highest BCUT2D eigenvalue weighted by molar-refractivity contribution is 6.11. The standard InChI is InChI=1S/C25H22N2O/c28-25(23-18-22(23)20-12-6-2-7-13-20)27-26-24(21-14-8-3-9-15-21)17-16-19-10-4-1-5-11-19/h1-17,22-23H,18H2,(H,27,28)/b17-16+,26-24+/t22-,23+/m0/s1. The number of hydrazone groups is 1. The number of nitrogens with zero attached hydrogens (tertiary/aromatic N) is 1. The lowest BCUT2D eigenvalue weighted by atomic mass is 10.1. The molecule has 1 N–H and O–H groups in total. The van der Waals surface area contributed by atoms with Gasteiger partial charge in [-0.1, -0.05) is 97.1 Å². The Bertz CT molecular complexity index is 979. The zero-order valence-electron chi connectivity index (χ0n) is 15.5. The quantitative estimate of drug-likeness (QED) is 0.483. The van der Waals surface area contributed by atoms with E-state index in [1.54, 1.807) is 0 Å². The number of carbonyl (C=O) groups excluding carboxylic acids is 1. The Morgan fingerprint density at radius 3 is 2.14 bits per heavy atom. The van der Waals surface area contributed by atoms with Crippen molar-refractivity contribution in [2.75, 3.05) is 0 Å². The van der Waals surface area contributed by atoms with E-state index in [4.69, 9.17) is 0 Å². The maximum atomic E-state index is 12.6. The van der Waals surface area contributed by atoms with Gasteiger partial charge in [-0.15, -0.1) is 0 Å². The van der Waals surface area contributed by atoms with Crippen LogP contribution in [-0.2, 0) is 4.79 Å². The number of allylic oxidation sites excluding steroid dienone is 1. The average molecular weight is 366 g/mol. The Hall–Kier alpha value is -3.46. The average Bonchev–Trinajstić information content (AvgIpc) is 3.57. The molecule has 0 saturated heterocycles. The molecule has 1 fully saturated rings. The Morgan fingerprint density at radius 2 is 1.46 bits per heavy atom. The molecule has 2 atom stereocenters. The molecular weight excluding hydrogens is 344 g/mol. The van der Waals surface area contributed by atoms with Gasteiger partial charge in [0.25, 0.3) is 0 Å².